The normalized spacial score (nSPS) is 15.9. The average molecular weight is 284 g/mol. The minimum atomic E-state index is 0.431. The molecule has 0 bridgehead atoms. The second-order valence-corrected chi connectivity index (χ2v) is 6.47. The topological polar surface area (TPSA) is 27.1 Å². The fourth-order valence-corrected chi connectivity index (χ4v) is 2.52. The molecule has 1 aliphatic carbocycles. The van der Waals surface area contributed by atoms with Crippen LogP contribution in [-0.4, -0.2) is 9.78 Å². The zero-order valence-electron chi connectivity index (χ0n) is 13.0. The van der Waals surface area contributed by atoms with Crippen LogP contribution in [0.3, 0.4) is 0 Å². The number of hydrogen-bond donors (Lipinski definition) is 0. The molecule has 3 heteroatoms. The summed E-state index contributed by atoms with van der Waals surface area (Å²) in [5.74, 6) is 0.912. The largest absolute Gasteiger partial charge is 0.473 e. The molecule has 1 aliphatic rings. The zero-order valence-corrected chi connectivity index (χ0v) is 13.0. The summed E-state index contributed by atoms with van der Waals surface area (Å²) in [6, 6.07) is 12.4. The Morgan fingerprint density at radius 1 is 1.24 bits per heavy atom. The molecule has 1 fully saturated rings. The van der Waals surface area contributed by atoms with E-state index >= 15 is 0 Å². The van der Waals surface area contributed by atoms with E-state index in [1.807, 2.05) is 18.2 Å². The number of ether oxygens (including phenoxy) is 1. The molecule has 112 valence electrons. The van der Waals surface area contributed by atoms with Crippen molar-refractivity contribution in [1.82, 2.24) is 9.78 Å². The van der Waals surface area contributed by atoms with Crippen molar-refractivity contribution in [1.29, 1.82) is 0 Å². The van der Waals surface area contributed by atoms with Crippen LogP contribution in [0.15, 0.2) is 36.4 Å². The highest BCUT2D eigenvalue weighted by molar-refractivity contribution is 5.19. The van der Waals surface area contributed by atoms with Crippen LogP contribution in [0.4, 0.5) is 0 Å². The SMILES string of the molecule is CCCc1cc(OCc2ccccc2)n(CC2(C)CC2)n1. The van der Waals surface area contributed by atoms with Gasteiger partial charge in [-0.2, -0.15) is 5.10 Å². The Morgan fingerprint density at radius 2 is 2.00 bits per heavy atom. The molecule has 21 heavy (non-hydrogen) atoms. The molecule has 1 heterocycles. The first-order valence-electron chi connectivity index (χ1n) is 7.92. The number of rotatable bonds is 7. The van der Waals surface area contributed by atoms with Crippen LogP contribution in [0.5, 0.6) is 5.88 Å². The molecule has 3 nitrogen and oxygen atoms in total. The lowest BCUT2D eigenvalue weighted by molar-refractivity contribution is 0.260. The second-order valence-electron chi connectivity index (χ2n) is 6.47. The Bertz CT molecular complexity index is 585. The number of hydrogen-bond acceptors (Lipinski definition) is 2. The Labute approximate surface area is 126 Å². The van der Waals surface area contributed by atoms with Crippen LogP contribution >= 0.6 is 0 Å². The monoisotopic (exact) mass is 284 g/mol. The Morgan fingerprint density at radius 3 is 2.67 bits per heavy atom. The fraction of sp³-hybridized carbons (Fsp3) is 0.500. The van der Waals surface area contributed by atoms with Crippen molar-refractivity contribution in [3.05, 3.63) is 47.7 Å². The highest BCUT2D eigenvalue weighted by atomic mass is 16.5. The molecule has 0 N–H and O–H groups in total. The Kier molecular flexibility index (Phi) is 4.00. The number of aryl methyl sites for hydroxylation is 1. The molecule has 0 unspecified atom stereocenters. The van der Waals surface area contributed by atoms with Crippen LogP contribution in [0, 0.1) is 5.41 Å². The summed E-state index contributed by atoms with van der Waals surface area (Å²) in [7, 11) is 0. The summed E-state index contributed by atoms with van der Waals surface area (Å²) in [6.45, 7) is 6.09. The lowest BCUT2D eigenvalue weighted by Gasteiger charge is -2.12. The molecule has 0 spiro atoms. The molecule has 1 saturated carbocycles. The van der Waals surface area contributed by atoms with Crippen molar-refractivity contribution in [3.8, 4) is 5.88 Å². The lowest BCUT2D eigenvalue weighted by atomic mass is 10.1. The molecular formula is C18H24N2O. The molecule has 0 aliphatic heterocycles. The maximum absolute atomic E-state index is 6.02. The zero-order chi connectivity index (χ0) is 14.7. The van der Waals surface area contributed by atoms with Gasteiger partial charge in [-0.05, 0) is 30.2 Å². The quantitative estimate of drug-likeness (QED) is 0.761. The highest BCUT2D eigenvalue weighted by Crippen LogP contribution is 2.46. The summed E-state index contributed by atoms with van der Waals surface area (Å²) < 4.78 is 8.09. The van der Waals surface area contributed by atoms with Gasteiger partial charge in [-0.3, -0.25) is 0 Å². The van der Waals surface area contributed by atoms with Gasteiger partial charge < -0.3 is 4.74 Å². The maximum Gasteiger partial charge on any atom is 0.212 e. The van der Waals surface area contributed by atoms with E-state index in [2.05, 4.69) is 36.7 Å². The van der Waals surface area contributed by atoms with E-state index in [1.165, 1.54) is 18.4 Å². The van der Waals surface area contributed by atoms with Gasteiger partial charge in [0.15, 0.2) is 0 Å². The van der Waals surface area contributed by atoms with Gasteiger partial charge in [-0.15, -0.1) is 0 Å². The maximum atomic E-state index is 6.02. The van der Waals surface area contributed by atoms with Gasteiger partial charge in [-0.25, -0.2) is 4.68 Å². The van der Waals surface area contributed by atoms with E-state index in [4.69, 9.17) is 9.84 Å². The van der Waals surface area contributed by atoms with Gasteiger partial charge in [0.1, 0.15) is 6.61 Å². The molecular weight excluding hydrogens is 260 g/mol. The predicted octanol–water partition coefficient (Wildman–Crippen LogP) is 4.21. The third-order valence-corrected chi connectivity index (χ3v) is 4.16. The molecule has 0 atom stereocenters. The first-order chi connectivity index (χ1) is 10.2. The van der Waals surface area contributed by atoms with E-state index < -0.39 is 0 Å². The summed E-state index contributed by atoms with van der Waals surface area (Å²) in [5, 5.41) is 4.73. The molecule has 1 aromatic carbocycles. The van der Waals surface area contributed by atoms with Crippen molar-refractivity contribution in [2.45, 2.75) is 52.7 Å². The second kappa shape index (κ2) is 5.92. The van der Waals surface area contributed by atoms with E-state index in [1.54, 1.807) is 0 Å². The van der Waals surface area contributed by atoms with E-state index in [9.17, 15) is 0 Å². The van der Waals surface area contributed by atoms with Gasteiger partial charge in [-0.1, -0.05) is 50.6 Å². The van der Waals surface area contributed by atoms with Crippen molar-refractivity contribution in [3.63, 3.8) is 0 Å². The van der Waals surface area contributed by atoms with Crippen LogP contribution < -0.4 is 4.74 Å². The minimum absolute atomic E-state index is 0.431. The number of benzene rings is 1. The van der Waals surface area contributed by atoms with Crippen molar-refractivity contribution in [2.75, 3.05) is 0 Å². The molecule has 1 aromatic heterocycles. The van der Waals surface area contributed by atoms with Crippen LogP contribution in [-0.2, 0) is 19.6 Å². The number of aromatic nitrogens is 2. The Hall–Kier alpha value is -1.77. The summed E-state index contributed by atoms with van der Waals surface area (Å²) in [5.41, 5.74) is 2.77. The smallest absolute Gasteiger partial charge is 0.212 e. The molecule has 0 amide bonds. The fourth-order valence-electron chi connectivity index (χ4n) is 2.52. The molecule has 0 radical (unpaired) electrons. The van der Waals surface area contributed by atoms with E-state index in [0.29, 0.717) is 12.0 Å². The first-order valence-corrected chi connectivity index (χ1v) is 7.92. The number of nitrogens with zero attached hydrogens (tertiary/aromatic N) is 2. The third kappa shape index (κ3) is 3.66. The van der Waals surface area contributed by atoms with E-state index in [-0.39, 0.29) is 0 Å². The predicted molar refractivity (Wildman–Crippen MR) is 84.3 cm³/mol. The van der Waals surface area contributed by atoms with Crippen molar-refractivity contribution < 1.29 is 4.74 Å². The van der Waals surface area contributed by atoms with Crippen molar-refractivity contribution in [2.24, 2.45) is 5.41 Å². The third-order valence-electron chi connectivity index (χ3n) is 4.16. The minimum Gasteiger partial charge on any atom is -0.473 e. The van der Waals surface area contributed by atoms with Gasteiger partial charge in [0, 0.05) is 6.07 Å². The van der Waals surface area contributed by atoms with Gasteiger partial charge in [0.25, 0.3) is 0 Å². The van der Waals surface area contributed by atoms with Gasteiger partial charge in [0.2, 0.25) is 5.88 Å². The van der Waals surface area contributed by atoms with Gasteiger partial charge >= 0.3 is 0 Å². The van der Waals surface area contributed by atoms with Crippen LogP contribution in [0.1, 0.15) is 44.4 Å². The highest BCUT2D eigenvalue weighted by Gasteiger charge is 2.38. The summed E-state index contributed by atoms with van der Waals surface area (Å²) >= 11 is 0. The lowest BCUT2D eigenvalue weighted by Crippen LogP contribution is -2.12. The van der Waals surface area contributed by atoms with E-state index in [0.717, 1.165) is 31.0 Å². The molecule has 2 aromatic rings. The first kappa shape index (κ1) is 14.2. The standard InChI is InChI=1S/C18H24N2O/c1-3-7-16-12-17(20(19-16)14-18(2)10-11-18)21-13-15-8-5-4-6-9-15/h4-6,8-9,12H,3,7,10-11,13-14H2,1-2H3. The summed E-state index contributed by atoms with van der Waals surface area (Å²) in [6.07, 6.45) is 4.74. The summed E-state index contributed by atoms with van der Waals surface area (Å²) in [4.78, 5) is 0. The Balaban J connectivity index is 1.72. The average Bonchev–Trinajstić information content (AvgIpc) is 3.09. The van der Waals surface area contributed by atoms with Crippen LogP contribution in [0.25, 0.3) is 0 Å². The molecule has 3 rings (SSSR count). The van der Waals surface area contributed by atoms with Crippen molar-refractivity contribution >= 4 is 0 Å². The molecule has 0 saturated heterocycles. The van der Waals surface area contributed by atoms with Crippen LogP contribution in [0.2, 0.25) is 0 Å². The van der Waals surface area contributed by atoms with Gasteiger partial charge in [0.05, 0.1) is 12.2 Å².